The summed E-state index contributed by atoms with van der Waals surface area (Å²) in [5.41, 5.74) is 6.63. The van der Waals surface area contributed by atoms with Crippen molar-refractivity contribution in [1.29, 1.82) is 0 Å². The molecular weight excluding hydrogens is 220 g/mol. The van der Waals surface area contributed by atoms with Crippen molar-refractivity contribution in [3.8, 4) is 0 Å². The van der Waals surface area contributed by atoms with Crippen LogP contribution in [0.2, 0.25) is 0 Å². The van der Waals surface area contributed by atoms with Gasteiger partial charge < -0.3 is 5.73 Å². The maximum absolute atomic E-state index is 6.13. The van der Waals surface area contributed by atoms with Crippen molar-refractivity contribution >= 4 is 0 Å². The van der Waals surface area contributed by atoms with Crippen molar-refractivity contribution in [3.05, 3.63) is 0 Å². The average molecular weight is 252 g/mol. The summed E-state index contributed by atoms with van der Waals surface area (Å²) < 4.78 is 0. The summed E-state index contributed by atoms with van der Waals surface area (Å²) >= 11 is 0. The van der Waals surface area contributed by atoms with E-state index in [1.165, 1.54) is 64.5 Å². The molecule has 1 saturated carbocycles. The van der Waals surface area contributed by atoms with Gasteiger partial charge in [0.25, 0.3) is 0 Å². The molecule has 2 rings (SSSR count). The molecule has 2 fully saturated rings. The molecule has 0 aromatic heterocycles. The van der Waals surface area contributed by atoms with E-state index >= 15 is 0 Å². The Bertz CT molecular complexity index is 241. The maximum atomic E-state index is 6.13. The lowest BCUT2D eigenvalue weighted by Gasteiger charge is -2.44. The molecule has 1 heterocycles. The number of likely N-dealkylation sites (tertiary alicyclic amines) is 1. The number of hydrogen-bond donors (Lipinski definition) is 1. The van der Waals surface area contributed by atoms with Crippen molar-refractivity contribution in [3.63, 3.8) is 0 Å². The van der Waals surface area contributed by atoms with Gasteiger partial charge in [0.05, 0.1) is 0 Å². The van der Waals surface area contributed by atoms with Gasteiger partial charge in [0.1, 0.15) is 0 Å². The first kappa shape index (κ1) is 14.3. The number of rotatable bonds is 3. The smallest absolute Gasteiger partial charge is 0.0246 e. The minimum atomic E-state index is 0.496. The average Bonchev–Trinajstić information content (AvgIpc) is 2.58. The van der Waals surface area contributed by atoms with Gasteiger partial charge >= 0.3 is 0 Å². The monoisotopic (exact) mass is 252 g/mol. The van der Waals surface area contributed by atoms with Gasteiger partial charge in [-0.25, -0.2) is 0 Å². The fraction of sp³-hybridized carbons (Fsp3) is 1.00. The Labute approximate surface area is 113 Å². The van der Waals surface area contributed by atoms with E-state index in [2.05, 4.69) is 18.7 Å². The molecule has 1 saturated heterocycles. The first-order valence-electron chi connectivity index (χ1n) is 8.06. The summed E-state index contributed by atoms with van der Waals surface area (Å²) in [7, 11) is 0. The molecule has 0 aromatic carbocycles. The molecule has 0 spiro atoms. The van der Waals surface area contributed by atoms with E-state index in [0.29, 0.717) is 11.5 Å². The summed E-state index contributed by atoms with van der Waals surface area (Å²) in [6.07, 6.45) is 11.3. The Morgan fingerprint density at radius 3 is 2.33 bits per heavy atom. The fourth-order valence-corrected chi connectivity index (χ4v) is 4.09. The Morgan fingerprint density at radius 2 is 1.78 bits per heavy atom. The minimum absolute atomic E-state index is 0.496. The minimum Gasteiger partial charge on any atom is -0.329 e. The fourth-order valence-electron chi connectivity index (χ4n) is 4.09. The van der Waals surface area contributed by atoms with Crippen LogP contribution in [-0.4, -0.2) is 30.6 Å². The third-order valence-electron chi connectivity index (χ3n) is 5.08. The van der Waals surface area contributed by atoms with Gasteiger partial charge in [-0.1, -0.05) is 39.5 Å². The summed E-state index contributed by atoms with van der Waals surface area (Å²) in [6.45, 7) is 8.23. The predicted octanol–water partition coefficient (Wildman–Crippen LogP) is 3.41. The quantitative estimate of drug-likeness (QED) is 0.780. The molecule has 0 aromatic rings. The highest BCUT2D eigenvalue weighted by Crippen LogP contribution is 2.34. The van der Waals surface area contributed by atoms with Crippen molar-refractivity contribution in [2.45, 2.75) is 71.3 Å². The van der Waals surface area contributed by atoms with E-state index in [1.54, 1.807) is 0 Å². The SMILES string of the molecule is CC1(C)CCCN(C(CN)C2CCCCCC2)C1. The second kappa shape index (κ2) is 6.38. The van der Waals surface area contributed by atoms with Crippen LogP contribution in [0.1, 0.15) is 65.2 Å². The van der Waals surface area contributed by atoms with E-state index in [9.17, 15) is 0 Å². The second-order valence-corrected chi connectivity index (χ2v) is 7.29. The molecule has 0 radical (unpaired) electrons. The first-order chi connectivity index (χ1) is 8.62. The van der Waals surface area contributed by atoms with Crippen LogP contribution in [0.3, 0.4) is 0 Å². The van der Waals surface area contributed by atoms with Gasteiger partial charge in [0.2, 0.25) is 0 Å². The van der Waals surface area contributed by atoms with Gasteiger partial charge in [-0.05, 0) is 43.6 Å². The van der Waals surface area contributed by atoms with E-state index < -0.39 is 0 Å². The highest BCUT2D eigenvalue weighted by molar-refractivity contribution is 4.88. The van der Waals surface area contributed by atoms with E-state index in [0.717, 1.165) is 12.5 Å². The topological polar surface area (TPSA) is 29.3 Å². The number of hydrogen-bond acceptors (Lipinski definition) is 2. The van der Waals surface area contributed by atoms with Crippen LogP contribution in [0.15, 0.2) is 0 Å². The van der Waals surface area contributed by atoms with Crippen molar-refractivity contribution < 1.29 is 0 Å². The summed E-state index contributed by atoms with van der Waals surface area (Å²) in [6, 6.07) is 0.655. The number of nitrogens with two attached hydrogens (primary N) is 1. The molecule has 2 N–H and O–H groups in total. The molecular formula is C16H32N2. The zero-order chi connectivity index (χ0) is 13.0. The summed E-state index contributed by atoms with van der Waals surface area (Å²) in [5, 5.41) is 0. The van der Waals surface area contributed by atoms with Crippen LogP contribution in [0.5, 0.6) is 0 Å². The van der Waals surface area contributed by atoms with Crippen LogP contribution in [-0.2, 0) is 0 Å². The van der Waals surface area contributed by atoms with Crippen molar-refractivity contribution in [1.82, 2.24) is 4.90 Å². The Kier molecular flexibility index (Phi) is 5.08. The molecule has 2 aliphatic rings. The Morgan fingerprint density at radius 1 is 1.11 bits per heavy atom. The van der Waals surface area contributed by atoms with E-state index in [-0.39, 0.29) is 0 Å². The third-order valence-corrected chi connectivity index (χ3v) is 5.08. The normalized spacial score (nSPS) is 28.8. The highest BCUT2D eigenvalue weighted by atomic mass is 15.2. The molecule has 1 aliphatic carbocycles. The molecule has 18 heavy (non-hydrogen) atoms. The zero-order valence-corrected chi connectivity index (χ0v) is 12.5. The molecule has 1 unspecified atom stereocenters. The van der Waals surface area contributed by atoms with Crippen LogP contribution in [0, 0.1) is 11.3 Å². The standard InChI is InChI=1S/C16H32N2/c1-16(2)10-7-11-18(13-16)15(12-17)14-8-5-3-4-6-9-14/h14-15H,3-13,17H2,1-2H3. The Hall–Kier alpha value is -0.0800. The van der Waals surface area contributed by atoms with Crippen LogP contribution >= 0.6 is 0 Å². The lowest BCUT2D eigenvalue weighted by Crippen LogP contribution is -2.51. The van der Waals surface area contributed by atoms with Gasteiger partial charge in [-0.3, -0.25) is 4.90 Å². The van der Waals surface area contributed by atoms with Crippen LogP contribution in [0.25, 0.3) is 0 Å². The predicted molar refractivity (Wildman–Crippen MR) is 78.6 cm³/mol. The lowest BCUT2D eigenvalue weighted by atomic mass is 9.81. The molecule has 1 atom stereocenters. The van der Waals surface area contributed by atoms with E-state index in [1.807, 2.05) is 0 Å². The maximum Gasteiger partial charge on any atom is 0.0246 e. The highest BCUT2D eigenvalue weighted by Gasteiger charge is 2.33. The molecule has 106 valence electrons. The van der Waals surface area contributed by atoms with Gasteiger partial charge in [0.15, 0.2) is 0 Å². The lowest BCUT2D eigenvalue weighted by molar-refractivity contribution is 0.0512. The van der Waals surface area contributed by atoms with Crippen molar-refractivity contribution in [2.24, 2.45) is 17.1 Å². The third kappa shape index (κ3) is 3.71. The van der Waals surface area contributed by atoms with Crippen LogP contribution in [0.4, 0.5) is 0 Å². The number of piperidine rings is 1. The Balaban J connectivity index is 1.98. The van der Waals surface area contributed by atoms with E-state index in [4.69, 9.17) is 5.73 Å². The summed E-state index contributed by atoms with van der Waals surface area (Å²) in [4.78, 5) is 2.72. The molecule has 1 aliphatic heterocycles. The zero-order valence-electron chi connectivity index (χ0n) is 12.5. The second-order valence-electron chi connectivity index (χ2n) is 7.29. The largest absolute Gasteiger partial charge is 0.329 e. The first-order valence-corrected chi connectivity index (χ1v) is 8.06. The number of nitrogens with zero attached hydrogens (tertiary/aromatic N) is 1. The molecule has 0 amide bonds. The molecule has 0 bridgehead atoms. The molecule has 2 heteroatoms. The molecule has 2 nitrogen and oxygen atoms in total. The van der Waals surface area contributed by atoms with Crippen LogP contribution < -0.4 is 5.73 Å². The van der Waals surface area contributed by atoms with Gasteiger partial charge in [-0.15, -0.1) is 0 Å². The summed E-state index contributed by atoms with van der Waals surface area (Å²) in [5.74, 6) is 0.867. The van der Waals surface area contributed by atoms with Gasteiger partial charge in [0, 0.05) is 19.1 Å². The van der Waals surface area contributed by atoms with Gasteiger partial charge in [-0.2, -0.15) is 0 Å². The van der Waals surface area contributed by atoms with Crippen molar-refractivity contribution in [2.75, 3.05) is 19.6 Å².